The topological polar surface area (TPSA) is 47.4 Å². The maximum absolute atomic E-state index is 12.2. The van der Waals surface area contributed by atoms with Crippen molar-refractivity contribution in [2.45, 2.75) is 20.4 Å². The van der Waals surface area contributed by atoms with Crippen molar-refractivity contribution in [1.29, 1.82) is 0 Å². The molecule has 0 spiro atoms. The molecule has 0 unspecified atom stereocenters. The quantitative estimate of drug-likeness (QED) is 0.741. The van der Waals surface area contributed by atoms with Gasteiger partial charge in [0, 0.05) is 25.3 Å². The standard InChI is InChI=1S/C11H17N3O2/c1-3-14-9(2)10(8-12-14)11(15)13-4-6-16-7-5-13/h8H,3-7H2,1-2H3. The maximum atomic E-state index is 12.2. The van der Waals surface area contributed by atoms with Gasteiger partial charge in [0.05, 0.1) is 25.0 Å². The molecule has 0 radical (unpaired) electrons. The van der Waals surface area contributed by atoms with Crippen LogP contribution >= 0.6 is 0 Å². The Labute approximate surface area is 95.0 Å². The molecule has 0 aromatic carbocycles. The van der Waals surface area contributed by atoms with Crippen LogP contribution in [0.15, 0.2) is 6.20 Å². The first kappa shape index (κ1) is 11.1. The summed E-state index contributed by atoms with van der Waals surface area (Å²) in [4.78, 5) is 14.0. The molecule has 1 amide bonds. The minimum absolute atomic E-state index is 0.0699. The second-order valence-corrected chi connectivity index (χ2v) is 3.86. The molecule has 1 aromatic heterocycles. The van der Waals surface area contributed by atoms with E-state index in [1.807, 2.05) is 23.4 Å². The highest BCUT2D eigenvalue weighted by molar-refractivity contribution is 5.95. The molecule has 88 valence electrons. The van der Waals surface area contributed by atoms with E-state index in [0.717, 1.165) is 12.2 Å². The van der Waals surface area contributed by atoms with Crippen LogP contribution in [0.3, 0.4) is 0 Å². The van der Waals surface area contributed by atoms with Crippen LogP contribution in [0.1, 0.15) is 23.0 Å². The van der Waals surface area contributed by atoms with Crippen LogP contribution in [0, 0.1) is 6.92 Å². The molecule has 5 nitrogen and oxygen atoms in total. The lowest BCUT2D eigenvalue weighted by Crippen LogP contribution is -2.40. The van der Waals surface area contributed by atoms with Crippen LogP contribution in [-0.4, -0.2) is 46.9 Å². The van der Waals surface area contributed by atoms with E-state index in [1.165, 1.54) is 0 Å². The summed E-state index contributed by atoms with van der Waals surface area (Å²) in [6.07, 6.45) is 1.66. The van der Waals surface area contributed by atoms with Gasteiger partial charge in [0.25, 0.3) is 5.91 Å². The summed E-state index contributed by atoms with van der Waals surface area (Å²) in [6, 6.07) is 0. The van der Waals surface area contributed by atoms with Gasteiger partial charge in [-0.05, 0) is 13.8 Å². The SMILES string of the molecule is CCn1ncc(C(=O)N2CCOCC2)c1C. The smallest absolute Gasteiger partial charge is 0.257 e. The summed E-state index contributed by atoms with van der Waals surface area (Å²) in [5.74, 6) is 0.0699. The van der Waals surface area contributed by atoms with Gasteiger partial charge in [-0.3, -0.25) is 9.48 Å². The first-order valence-corrected chi connectivity index (χ1v) is 5.63. The fraction of sp³-hybridized carbons (Fsp3) is 0.636. The summed E-state index contributed by atoms with van der Waals surface area (Å²) < 4.78 is 7.07. The number of carbonyl (C=O) groups excluding carboxylic acids is 1. The van der Waals surface area contributed by atoms with E-state index in [1.54, 1.807) is 6.20 Å². The third kappa shape index (κ3) is 1.95. The number of nitrogens with zero attached hydrogens (tertiary/aromatic N) is 3. The molecule has 1 aromatic rings. The van der Waals surface area contributed by atoms with Gasteiger partial charge < -0.3 is 9.64 Å². The predicted octanol–water partition coefficient (Wildman–Crippen LogP) is 0.684. The number of hydrogen-bond acceptors (Lipinski definition) is 3. The van der Waals surface area contributed by atoms with Crippen molar-refractivity contribution in [2.75, 3.05) is 26.3 Å². The number of aromatic nitrogens is 2. The van der Waals surface area contributed by atoms with Crippen LogP contribution in [0.5, 0.6) is 0 Å². The number of ether oxygens (including phenoxy) is 1. The van der Waals surface area contributed by atoms with Gasteiger partial charge in [0.2, 0.25) is 0 Å². The van der Waals surface area contributed by atoms with Crippen LogP contribution in [0.4, 0.5) is 0 Å². The number of carbonyl (C=O) groups is 1. The zero-order chi connectivity index (χ0) is 11.5. The maximum Gasteiger partial charge on any atom is 0.257 e. The first-order valence-electron chi connectivity index (χ1n) is 5.63. The lowest BCUT2D eigenvalue weighted by atomic mass is 10.2. The normalized spacial score (nSPS) is 16.5. The van der Waals surface area contributed by atoms with Gasteiger partial charge in [-0.25, -0.2) is 0 Å². The van der Waals surface area contributed by atoms with Crippen molar-refractivity contribution in [3.8, 4) is 0 Å². The van der Waals surface area contributed by atoms with E-state index >= 15 is 0 Å². The highest BCUT2D eigenvalue weighted by Gasteiger charge is 2.21. The van der Waals surface area contributed by atoms with E-state index in [9.17, 15) is 4.79 Å². The van der Waals surface area contributed by atoms with E-state index in [2.05, 4.69) is 5.10 Å². The number of aryl methyl sites for hydroxylation is 1. The van der Waals surface area contributed by atoms with Crippen molar-refractivity contribution >= 4 is 5.91 Å². The lowest BCUT2D eigenvalue weighted by molar-refractivity contribution is 0.0302. The largest absolute Gasteiger partial charge is 0.378 e. The summed E-state index contributed by atoms with van der Waals surface area (Å²) >= 11 is 0. The Hall–Kier alpha value is -1.36. The Morgan fingerprint density at radius 3 is 2.75 bits per heavy atom. The molecule has 0 N–H and O–H groups in total. The van der Waals surface area contributed by atoms with Gasteiger partial charge in [0.1, 0.15) is 0 Å². The van der Waals surface area contributed by atoms with Crippen molar-refractivity contribution < 1.29 is 9.53 Å². The van der Waals surface area contributed by atoms with Gasteiger partial charge in [-0.15, -0.1) is 0 Å². The average Bonchev–Trinajstić information content (AvgIpc) is 2.70. The molecule has 16 heavy (non-hydrogen) atoms. The Morgan fingerprint density at radius 1 is 1.50 bits per heavy atom. The molecular formula is C11H17N3O2. The molecule has 1 aliphatic rings. The van der Waals surface area contributed by atoms with Crippen molar-refractivity contribution in [1.82, 2.24) is 14.7 Å². The monoisotopic (exact) mass is 223 g/mol. The number of morpholine rings is 1. The van der Waals surface area contributed by atoms with Crippen LogP contribution in [-0.2, 0) is 11.3 Å². The minimum atomic E-state index is 0.0699. The summed E-state index contributed by atoms with van der Waals surface area (Å²) in [6.45, 7) is 7.36. The highest BCUT2D eigenvalue weighted by Crippen LogP contribution is 2.11. The van der Waals surface area contributed by atoms with Gasteiger partial charge in [-0.2, -0.15) is 5.10 Å². The van der Waals surface area contributed by atoms with Crippen LogP contribution < -0.4 is 0 Å². The zero-order valence-electron chi connectivity index (χ0n) is 9.77. The molecule has 2 heterocycles. The van der Waals surface area contributed by atoms with E-state index < -0.39 is 0 Å². The molecule has 0 bridgehead atoms. The molecule has 0 atom stereocenters. The highest BCUT2D eigenvalue weighted by atomic mass is 16.5. The Kier molecular flexibility index (Phi) is 3.24. The van der Waals surface area contributed by atoms with Crippen molar-refractivity contribution in [2.24, 2.45) is 0 Å². The van der Waals surface area contributed by atoms with Gasteiger partial charge in [-0.1, -0.05) is 0 Å². The zero-order valence-corrected chi connectivity index (χ0v) is 9.77. The lowest BCUT2D eigenvalue weighted by Gasteiger charge is -2.26. The average molecular weight is 223 g/mol. The van der Waals surface area contributed by atoms with Crippen LogP contribution in [0.2, 0.25) is 0 Å². The molecule has 0 aliphatic carbocycles. The van der Waals surface area contributed by atoms with Gasteiger partial charge in [0.15, 0.2) is 0 Å². The molecule has 1 saturated heterocycles. The fourth-order valence-corrected chi connectivity index (χ4v) is 1.91. The Bertz CT molecular complexity index is 381. The summed E-state index contributed by atoms with van der Waals surface area (Å²) in [5.41, 5.74) is 1.66. The number of amides is 1. The summed E-state index contributed by atoms with van der Waals surface area (Å²) in [7, 11) is 0. The van der Waals surface area contributed by atoms with Crippen LogP contribution in [0.25, 0.3) is 0 Å². The second kappa shape index (κ2) is 4.65. The molecule has 1 aliphatic heterocycles. The molecule has 5 heteroatoms. The number of hydrogen-bond donors (Lipinski definition) is 0. The third-order valence-electron chi connectivity index (χ3n) is 2.93. The van der Waals surface area contributed by atoms with E-state index in [4.69, 9.17) is 4.74 Å². The molecular weight excluding hydrogens is 206 g/mol. The van der Waals surface area contributed by atoms with Crippen molar-refractivity contribution in [3.05, 3.63) is 17.5 Å². The Balaban J connectivity index is 2.16. The van der Waals surface area contributed by atoms with E-state index in [-0.39, 0.29) is 5.91 Å². The number of rotatable bonds is 2. The van der Waals surface area contributed by atoms with Gasteiger partial charge >= 0.3 is 0 Å². The van der Waals surface area contributed by atoms with Crippen molar-refractivity contribution in [3.63, 3.8) is 0 Å². The molecule has 0 saturated carbocycles. The van der Waals surface area contributed by atoms with E-state index in [0.29, 0.717) is 31.9 Å². The molecule has 2 rings (SSSR count). The Morgan fingerprint density at radius 2 is 2.19 bits per heavy atom. The first-order chi connectivity index (χ1) is 7.74. The predicted molar refractivity (Wildman–Crippen MR) is 59.4 cm³/mol. The fourth-order valence-electron chi connectivity index (χ4n) is 1.91. The second-order valence-electron chi connectivity index (χ2n) is 3.86. The summed E-state index contributed by atoms with van der Waals surface area (Å²) in [5, 5.41) is 4.19. The third-order valence-corrected chi connectivity index (χ3v) is 2.93. The minimum Gasteiger partial charge on any atom is -0.378 e. The molecule has 1 fully saturated rings.